The van der Waals surface area contributed by atoms with Crippen molar-refractivity contribution in [2.45, 2.75) is 6.54 Å². The van der Waals surface area contributed by atoms with Crippen LogP contribution in [0.2, 0.25) is 5.02 Å². The van der Waals surface area contributed by atoms with Crippen LogP contribution in [-0.4, -0.2) is 19.8 Å². The van der Waals surface area contributed by atoms with Crippen molar-refractivity contribution in [1.29, 1.82) is 0 Å². The average Bonchev–Trinajstić information content (AvgIpc) is 3.03. The number of tetrazole rings is 1. The SMILES string of the molecule is O=c1n(Cc2ccc(Cl)cc2)nnn1-c1cccs1. The highest BCUT2D eigenvalue weighted by molar-refractivity contribution is 7.12. The summed E-state index contributed by atoms with van der Waals surface area (Å²) in [5.74, 6) is 0. The van der Waals surface area contributed by atoms with E-state index in [-0.39, 0.29) is 5.69 Å². The summed E-state index contributed by atoms with van der Waals surface area (Å²) in [5, 5.41) is 11.1. The van der Waals surface area contributed by atoms with E-state index in [1.807, 2.05) is 29.6 Å². The Hall–Kier alpha value is -1.92. The monoisotopic (exact) mass is 292 g/mol. The molecule has 0 fully saturated rings. The topological polar surface area (TPSA) is 52.7 Å². The molecule has 1 aromatic carbocycles. The number of benzene rings is 1. The van der Waals surface area contributed by atoms with Gasteiger partial charge >= 0.3 is 5.69 Å². The number of aromatic nitrogens is 4. The van der Waals surface area contributed by atoms with Gasteiger partial charge in [-0.25, -0.2) is 4.79 Å². The van der Waals surface area contributed by atoms with Gasteiger partial charge < -0.3 is 0 Å². The normalized spacial score (nSPS) is 10.8. The predicted octanol–water partition coefficient (Wildman–Crippen LogP) is 2.19. The van der Waals surface area contributed by atoms with Crippen molar-refractivity contribution in [3.63, 3.8) is 0 Å². The third-order valence-corrected chi connectivity index (χ3v) is 3.70. The Bertz CT molecular complexity index is 730. The van der Waals surface area contributed by atoms with Gasteiger partial charge in [-0.2, -0.15) is 9.36 Å². The van der Waals surface area contributed by atoms with Crippen molar-refractivity contribution < 1.29 is 0 Å². The Morgan fingerprint density at radius 3 is 2.63 bits per heavy atom. The molecule has 0 spiro atoms. The molecule has 0 unspecified atom stereocenters. The molecule has 0 aliphatic carbocycles. The molecule has 3 aromatic rings. The standard InChI is InChI=1S/C12H9ClN4OS/c13-10-5-3-9(4-6-10)8-16-12(18)17(15-14-16)11-2-1-7-19-11/h1-7H,8H2. The second-order valence-corrected chi connectivity index (χ2v) is 5.27. The van der Waals surface area contributed by atoms with E-state index < -0.39 is 0 Å². The minimum atomic E-state index is -0.252. The molecule has 0 radical (unpaired) electrons. The van der Waals surface area contributed by atoms with Crippen LogP contribution in [-0.2, 0) is 6.54 Å². The first-order chi connectivity index (χ1) is 9.24. The number of halogens is 1. The highest BCUT2D eigenvalue weighted by atomic mass is 35.5. The lowest BCUT2D eigenvalue weighted by Crippen LogP contribution is -2.24. The van der Waals surface area contributed by atoms with Crippen LogP contribution in [0.4, 0.5) is 0 Å². The Balaban J connectivity index is 1.91. The fourth-order valence-electron chi connectivity index (χ4n) is 1.66. The molecule has 0 N–H and O–H groups in total. The maximum Gasteiger partial charge on any atom is 0.369 e. The zero-order valence-corrected chi connectivity index (χ0v) is 11.3. The van der Waals surface area contributed by atoms with E-state index >= 15 is 0 Å². The van der Waals surface area contributed by atoms with Crippen molar-refractivity contribution in [2.75, 3.05) is 0 Å². The molecule has 2 heterocycles. The Morgan fingerprint density at radius 1 is 1.16 bits per heavy atom. The summed E-state index contributed by atoms with van der Waals surface area (Å²) in [7, 11) is 0. The lowest BCUT2D eigenvalue weighted by Gasteiger charge is -1.99. The lowest BCUT2D eigenvalue weighted by atomic mass is 10.2. The van der Waals surface area contributed by atoms with E-state index in [1.165, 1.54) is 20.7 Å². The van der Waals surface area contributed by atoms with E-state index in [0.717, 1.165) is 10.6 Å². The highest BCUT2D eigenvalue weighted by Crippen LogP contribution is 2.11. The van der Waals surface area contributed by atoms with Crippen molar-refractivity contribution in [1.82, 2.24) is 19.8 Å². The lowest BCUT2D eigenvalue weighted by molar-refractivity contribution is 0.632. The molecule has 0 saturated heterocycles. The van der Waals surface area contributed by atoms with Gasteiger partial charge in [0.25, 0.3) is 0 Å². The second kappa shape index (κ2) is 4.99. The molecule has 96 valence electrons. The predicted molar refractivity (Wildman–Crippen MR) is 74.1 cm³/mol. The van der Waals surface area contributed by atoms with E-state index in [0.29, 0.717) is 11.6 Å². The number of thiophene rings is 1. The van der Waals surface area contributed by atoms with Crippen molar-refractivity contribution in [3.05, 3.63) is 62.8 Å². The summed E-state index contributed by atoms with van der Waals surface area (Å²) in [6.07, 6.45) is 0. The fourth-order valence-corrected chi connectivity index (χ4v) is 2.46. The molecular formula is C12H9ClN4OS. The first kappa shape index (κ1) is 12.1. The molecule has 7 heteroatoms. The fraction of sp³-hybridized carbons (Fsp3) is 0.0833. The van der Waals surface area contributed by atoms with E-state index in [9.17, 15) is 4.79 Å². The third kappa shape index (κ3) is 2.45. The molecule has 0 amide bonds. The summed E-state index contributed by atoms with van der Waals surface area (Å²) >= 11 is 7.26. The molecule has 0 atom stereocenters. The van der Waals surface area contributed by atoms with Gasteiger partial charge in [-0.05, 0) is 45.6 Å². The molecule has 0 saturated carbocycles. The molecule has 19 heavy (non-hydrogen) atoms. The molecule has 0 bridgehead atoms. The molecular weight excluding hydrogens is 284 g/mol. The van der Waals surface area contributed by atoms with Gasteiger partial charge in [0, 0.05) is 5.02 Å². The van der Waals surface area contributed by atoms with Gasteiger partial charge in [0.1, 0.15) is 5.00 Å². The summed E-state index contributed by atoms with van der Waals surface area (Å²) in [6.45, 7) is 0.376. The van der Waals surface area contributed by atoms with Crippen LogP contribution in [0.3, 0.4) is 0 Å². The first-order valence-corrected chi connectivity index (χ1v) is 6.81. The first-order valence-electron chi connectivity index (χ1n) is 5.55. The smallest absolute Gasteiger partial charge is 0.244 e. The Morgan fingerprint density at radius 2 is 1.95 bits per heavy atom. The van der Waals surface area contributed by atoms with Crippen molar-refractivity contribution in [3.8, 4) is 5.00 Å². The molecule has 2 aromatic heterocycles. The zero-order chi connectivity index (χ0) is 13.2. The maximum absolute atomic E-state index is 12.1. The van der Waals surface area contributed by atoms with Crippen LogP contribution >= 0.6 is 22.9 Å². The summed E-state index contributed by atoms with van der Waals surface area (Å²) in [4.78, 5) is 12.1. The maximum atomic E-state index is 12.1. The highest BCUT2D eigenvalue weighted by Gasteiger charge is 2.09. The van der Waals surface area contributed by atoms with E-state index in [2.05, 4.69) is 10.4 Å². The average molecular weight is 293 g/mol. The van der Waals surface area contributed by atoms with Crippen LogP contribution in [0, 0.1) is 0 Å². The van der Waals surface area contributed by atoms with Gasteiger partial charge in [0.2, 0.25) is 0 Å². The largest absolute Gasteiger partial charge is 0.369 e. The van der Waals surface area contributed by atoms with E-state index in [1.54, 1.807) is 12.1 Å². The molecule has 5 nitrogen and oxygen atoms in total. The van der Waals surface area contributed by atoms with Gasteiger partial charge in [0.15, 0.2) is 0 Å². The minimum Gasteiger partial charge on any atom is -0.244 e. The van der Waals surface area contributed by atoms with E-state index in [4.69, 9.17) is 11.6 Å². The molecule has 0 aliphatic heterocycles. The van der Waals surface area contributed by atoms with Gasteiger partial charge in [-0.15, -0.1) is 11.3 Å². The van der Waals surface area contributed by atoms with Crippen molar-refractivity contribution >= 4 is 22.9 Å². The van der Waals surface area contributed by atoms with Crippen LogP contribution < -0.4 is 5.69 Å². The minimum absolute atomic E-state index is 0.252. The number of rotatable bonds is 3. The summed E-state index contributed by atoms with van der Waals surface area (Å²) < 4.78 is 2.61. The van der Waals surface area contributed by atoms with Gasteiger partial charge in [0.05, 0.1) is 6.54 Å². The Labute approximate surface area is 117 Å². The number of nitrogens with zero attached hydrogens (tertiary/aromatic N) is 4. The van der Waals surface area contributed by atoms with Crippen LogP contribution in [0.1, 0.15) is 5.56 Å². The molecule has 3 rings (SSSR count). The van der Waals surface area contributed by atoms with Crippen molar-refractivity contribution in [2.24, 2.45) is 0 Å². The van der Waals surface area contributed by atoms with Gasteiger partial charge in [-0.1, -0.05) is 23.7 Å². The van der Waals surface area contributed by atoms with Crippen LogP contribution in [0.15, 0.2) is 46.6 Å². The van der Waals surface area contributed by atoms with Crippen LogP contribution in [0.5, 0.6) is 0 Å². The molecule has 0 aliphatic rings. The zero-order valence-electron chi connectivity index (χ0n) is 9.73. The number of hydrogen-bond acceptors (Lipinski definition) is 4. The Kier molecular flexibility index (Phi) is 3.18. The summed E-state index contributed by atoms with van der Waals surface area (Å²) in [6, 6.07) is 11.0. The number of hydrogen-bond donors (Lipinski definition) is 0. The van der Waals surface area contributed by atoms with Gasteiger partial charge in [-0.3, -0.25) is 0 Å². The summed E-state index contributed by atoms with van der Waals surface area (Å²) in [5.41, 5.74) is 0.696. The third-order valence-electron chi connectivity index (χ3n) is 2.60. The van der Waals surface area contributed by atoms with Crippen LogP contribution in [0.25, 0.3) is 5.00 Å². The quantitative estimate of drug-likeness (QED) is 0.743. The second-order valence-electron chi connectivity index (χ2n) is 3.91.